The molecule has 9 N–H and O–H groups in total. The maximum Gasteiger partial charge on any atom is 0.397 e. The molecule has 26 heteroatoms. The first-order valence-electron chi connectivity index (χ1n) is 28.7. The molecule has 5 saturated heterocycles. The van der Waals surface area contributed by atoms with Gasteiger partial charge in [-0.3, -0.25) is 14.1 Å². The molecule has 9 rings (SSSR count). The van der Waals surface area contributed by atoms with E-state index in [1.807, 2.05) is 6.92 Å². The largest absolute Gasteiger partial charge is 0.462 e. The third kappa shape index (κ3) is 11.2. The maximum absolute atomic E-state index is 14.7. The summed E-state index contributed by atoms with van der Waals surface area (Å²) in [5.41, 5.74) is -2.08. The number of carbonyl (C=O) groups is 2. The van der Waals surface area contributed by atoms with Crippen LogP contribution in [0.2, 0.25) is 0 Å². The van der Waals surface area contributed by atoms with Gasteiger partial charge in [0, 0.05) is 19.4 Å². The number of aliphatic hydroxyl groups is 8. The Hall–Kier alpha value is -2.13. The lowest BCUT2D eigenvalue weighted by Crippen LogP contribution is -2.65. The summed E-state index contributed by atoms with van der Waals surface area (Å²) in [4.78, 5) is 27.4. The normalized spacial score (nSPS) is 49.7. The van der Waals surface area contributed by atoms with Crippen LogP contribution in [0.3, 0.4) is 0 Å². The number of esters is 2. The molecule has 0 aromatic rings. The lowest BCUT2D eigenvalue weighted by atomic mass is 9.41. The van der Waals surface area contributed by atoms with Crippen molar-refractivity contribution in [2.24, 2.45) is 45.3 Å². The SMILES string of the molecule is COC1C(O)C(CO)OC(OC2C(O)COC(OC3C(C)OC(OC4C(OC5CCC6(C)C7CCC89C(=O)O[C@@](C)(CCCC(C)C)C8C(OC(C)=O)C[C@@]9(C)C7=CCC6C5(C)C)OCC(OS(=O)(=O)O)C4O)C(O)C3O)C2O)C1O. The molecule has 0 bridgehead atoms. The summed E-state index contributed by atoms with van der Waals surface area (Å²) in [6.45, 7) is 16.1. The highest BCUT2D eigenvalue weighted by atomic mass is 32.3. The minimum Gasteiger partial charge on any atom is -0.462 e. The molecule has 0 amide bonds. The summed E-state index contributed by atoms with van der Waals surface area (Å²) >= 11 is 0. The minimum absolute atomic E-state index is 0.00650. The number of aliphatic hydroxyl groups excluding tert-OH is 8. The molecule has 81 heavy (non-hydrogen) atoms. The average molecular weight is 1180 g/mol. The maximum atomic E-state index is 14.7. The van der Waals surface area contributed by atoms with Gasteiger partial charge in [0.15, 0.2) is 25.2 Å². The molecular formula is C55H88O25S. The van der Waals surface area contributed by atoms with Crippen molar-refractivity contribution in [2.75, 3.05) is 26.9 Å². The van der Waals surface area contributed by atoms with Crippen molar-refractivity contribution in [3.8, 4) is 0 Å². The first kappa shape index (κ1) is 63.4. The lowest BCUT2D eigenvalue weighted by molar-refractivity contribution is -0.382. The molecule has 5 aliphatic heterocycles. The summed E-state index contributed by atoms with van der Waals surface area (Å²) in [6.07, 6.45) is -21.7. The summed E-state index contributed by atoms with van der Waals surface area (Å²) in [5.74, 6) is -0.409. The molecule has 25 nitrogen and oxygen atoms in total. The Morgan fingerprint density at radius 1 is 0.778 bits per heavy atom. The molecule has 25 unspecified atom stereocenters. The first-order valence-corrected chi connectivity index (χ1v) is 30.1. The van der Waals surface area contributed by atoms with Crippen molar-refractivity contribution in [3.63, 3.8) is 0 Å². The van der Waals surface area contributed by atoms with Crippen molar-refractivity contribution in [3.05, 3.63) is 11.6 Å². The van der Waals surface area contributed by atoms with Crippen LogP contribution in [0, 0.1) is 45.3 Å². The van der Waals surface area contributed by atoms with Gasteiger partial charge >= 0.3 is 22.3 Å². The smallest absolute Gasteiger partial charge is 0.397 e. The summed E-state index contributed by atoms with van der Waals surface area (Å²) in [7, 11) is -3.95. The van der Waals surface area contributed by atoms with Crippen LogP contribution in [-0.2, 0) is 76.3 Å². The first-order chi connectivity index (χ1) is 37.9. The Morgan fingerprint density at radius 2 is 1.43 bits per heavy atom. The fraction of sp³-hybridized carbons (Fsp3) is 0.927. The topological polar surface area (TPSA) is 361 Å². The van der Waals surface area contributed by atoms with Gasteiger partial charge < -0.3 is 93.0 Å². The molecule has 0 aromatic heterocycles. The number of rotatable bonds is 17. The molecule has 464 valence electrons. The van der Waals surface area contributed by atoms with Crippen LogP contribution in [0.15, 0.2) is 11.6 Å². The molecule has 9 aliphatic rings. The highest BCUT2D eigenvalue weighted by Crippen LogP contribution is 2.77. The Morgan fingerprint density at radius 3 is 2.09 bits per heavy atom. The van der Waals surface area contributed by atoms with Crippen LogP contribution in [0.5, 0.6) is 0 Å². The Bertz CT molecular complexity index is 2390. The van der Waals surface area contributed by atoms with Gasteiger partial charge in [0.1, 0.15) is 91.1 Å². The van der Waals surface area contributed by atoms with Gasteiger partial charge in [0.05, 0.1) is 43.4 Å². The Kier molecular flexibility index (Phi) is 18.4. The lowest BCUT2D eigenvalue weighted by Gasteiger charge is -2.64. The molecule has 3 saturated carbocycles. The van der Waals surface area contributed by atoms with Crippen LogP contribution in [-0.4, -0.2) is 221 Å². The zero-order chi connectivity index (χ0) is 59.3. The number of ether oxygens (including phenoxy) is 11. The van der Waals surface area contributed by atoms with Gasteiger partial charge in [-0.1, -0.05) is 59.6 Å². The number of carbonyl (C=O) groups excluding carboxylic acids is 2. The predicted molar refractivity (Wildman–Crippen MR) is 276 cm³/mol. The number of fused-ring (bicyclic) bond motifs is 4. The van der Waals surface area contributed by atoms with Crippen LogP contribution < -0.4 is 0 Å². The standard InChI is InChI=1S/C55H88O25S/c1-24(2)12-11-17-54(9)45-30(73-26(4)57)20-53(8)28-13-14-33-51(5,6)34(16-18-52(33,7)27(28)15-19-55(45,53)50(65)79-54)75-49-44(36(60)32(23-71-49)80-81(66,67)68)78-47-38(62)37(61)41(25(3)72-47)76-46-39(63)42(29(58)22-70-46)77-48-40(64)43(69-10)35(59)31(21-56)74-48/h13,24-25,27,29-49,56,58-64H,11-12,14-23H2,1-10H3,(H,66,67,68)/t25?,27?,29?,30?,31?,32?,33?,34?,35?,36?,37?,38?,39?,40?,41?,42?,43?,44?,45?,46?,47?,48?,49?,52?,53-,54-,55?/m0/s1. The number of hydrogen-bond donors (Lipinski definition) is 9. The number of hydrogen-bond acceptors (Lipinski definition) is 24. The number of cyclic esters (lactones) is 1. The van der Waals surface area contributed by atoms with Gasteiger partial charge in [-0.15, -0.1) is 0 Å². The number of methoxy groups -OCH3 is 1. The third-order valence-corrected chi connectivity index (χ3v) is 20.9. The second-order valence-electron chi connectivity index (χ2n) is 26.1. The van der Waals surface area contributed by atoms with Gasteiger partial charge in [0.2, 0.25) is 0 Å². The van der Waals surface area contributed by atoms with Crippen molar-refractivity contribution in [1.82, 2.24) is 0 Å². The van der Waals surface area contributed by atoms with Gasteiger partial charge in [-0.25, -0.2) is 4.18 Å². The Balaban J connectivity index is 0.906. The van der Waals surface area contributed by atoms with E-state index in [0.29, 0.717) is 50.9 Å². The average Bonchev–Trinajstić information content (AvgIpc) is 1.75. The molecule has 8 fully saturated rings. The fourth-order valence-electron chi connectivity index (χ4n) is 16.5. The van der Waals surface area contributed by atoms with Crippen LogP contribution in [0.4, 0.5) is 0 Å². The van der Waals surface area contributed by atoms with E-state index in [1.54, 1.807) is 0 Å². The van der Waals surface area contributed by atoms with Crippen molar-refractivity contribution >= 4 is 22.3 Å². The molecule has 4 aliphatic carbocycles. The summed E-state index contributed by atoms with van der Waals surface area (Å²) in [6, 6.07) is 0. The van der Waals surface area contributed by atoms with Crippen LogP contribution in [0.1, 0.15) is 120 Å². The van der Waals surface area contributed by atoms with E-state index < -0.39 is 181 Å². The van der Waals surface area contributed by atoms with Crippen LogP contribution >= 0.6 is 0 Å². The van der Waals surface area contributed by atoms with Gasteiger partial charge in [-0.2, -0.15) is 8.42 Å². The van der Waals surface area contributed by atoms with E-state index in [2.05, 4.69) is 47.6 Å². The van der Waals surface area contributed by atoms with Gasteiger partial charge in [0.25, 0.3) is 0 Å². The van der Waals surface area contributed by atoms with E-state index >= 15 is 0 Å². The second kappa shape index (κ2) is 23.5. The number of allylic oxidation sites excluding steroid dienone is 2. The molecule has 1 spiro atoms. The highest BCUT2D eigenvalue weighted by molar-refractivity contribution is 7.80. The molecule has 0 radical (unpaired) electrons. The van der Waals surface area contributed by atoms with E-state index in [9.17, 15) is 63.4 Å². The third-order valence-electron chi connectivity index (χ3n) is 20.4. The molecular weight excluding hydrogens is 1090 g/mol. The van der Waals surface area contributed by atoms with Crippen molar-refractivity contribution in [1.29, 1.82) is 0 Å². The van der Waals surface area contributed by atoms with Crippen LogP contribution in [0.25, 0.3) is 0 Å². The fourth-order valence-corrected chi connectivity index (χ4v) is 17.0. The summed E-state index contributed by atoms with van der Waals surface area (Å²) in [5, 5.41) is 88.4. The van der Waals surface area contributed by atoms with Crippen molar-refractivity contribution in [2.45, 2.75) is 249 Å². The van der Waals surface area contributed by atoms with E-state index in [0.717, 1.165) is 12.8 Å². The predicted octanol–water partition coefficient (Wildman–Crippen LogP) is 0.700. The molecule has 5 heterocycles. The quantitative estimate of drug-likeness (QED) is 0.0550. The second-order valence-corrected chi connectivity index (χ2v) is 27.1. The molecule has 0 aromatic carbocycles. The van der Waals surface area contributed by atoms with Crippen molar-refractivity contribution < 1.29 is 120 Å². The monoisotopic (exact) mass is 1180 g/mol. The highest BCUT2D eigenvalue weighted by Gasteiger charge is 2.79. The summed E-state index contributed by atoms with van der Waals surface area (Å²) < 4.78 is 104. The van der Waals surface area contributed by atoms with E-state index in [1.165, 1.54) is 26.5 Å². The zero-order valence-electron chi connectivity index (χ0n) is 47.9. The van der Waals surface area contributed by atoms with E-state index in [4.69, 9.17) is 56.3 Å². The van der Waals surface area contributed by atoms with Gasteiger partial charge in [-0.05, 0) is 93.8 Å². The zero-order valence-corrected chi connectivity index (χ0v) is 48.7. The molecule has 27 atom stereocenters. The Labute approximate surface area is 473 Å². The van der Waals surface area contributed by atoms with E-state index in [-0.39, 0.29) is 29.1 Å². The minimum atomic E-state index is -5.16.